The van der Waals surface area contributed by atoms with E-state index in [-0.39, 0.29) is 18.3 Å². The van der Waals surface area contributed by atoms with Crippen LogP contribution in [-0.2, 0) is 4.79 Å². The van der Waals surface area contributed by atoms with Crippen LogP contribution in [0.3, 0.4) is 0 Å². The molecule has 0 bridgehead atoms. The van der Waals surface area contributed by atoms with E-state index in [1.807, 2.05) is 0 Å². The monoisotopic (exact) mass is 314 g/mol. The Morgan fingerprint density at radius 1 is 1.10 bits per heavy atom. The average molecular weight is 315 g/mol. The van der Waals surface area contributed by atoms with Crippen LogP contribution in [0.2, 0.25) is 0 Å². The maximum absolute atomic E-state index is 12.9. The predicted molar refractivity (Wildman–Crippen MR) is 88.7 cm³/mol. The van der Waals surface area contributed by atoms with Crippen LogP contribution in [0.5, 0.6) is 0 Å². The zero-order valence-corrected chi connectivity index (χ0v) is 14.3. The Bertz CT molecular complexity index is 347. The van der Waals surface area contributed by atoms with Gasteiger partial charge in [-0.05, 0) is 63.5 Å². The minimum atomic E-state index is 0. The summed E-state index contributed by atoms with van der Waals surface area (Å²) in [7, 11) is 0. The second-order valence-corrected chi connectivity index (χ2v) is 7.27. The first-order valence-corrected chi connectivity index (χ1v) is 8.73. The fourth-order valence-electron chi connectivity index (χ4n) is 3.94. The third-order valence-corrected chi connectivity index (χ3v) is 5.89. The quantitative estimate of drug-likeness (QED) is 0.845. The molecule has 1 unspecified atom stereocenters. The number of nitrogens with zero attached hydrogens (tertiary/aromatic N) is 1. The largest absolute Gasteiger partial charge is 0.336 e. The van der Waals surface area contributed by atoms with Gasteiger partial charge >= 0.3 is 0 Å². The van der Waals surface area contributed by atoms with Crippen LogP contribution < -0.4 is 5.32 Å². The van der Waals surface area contributed by atoms with Gasteiger partial charge in [0.25, 0.3) is 0 Å². The highest BCUT2D eigenvalue weighted by Crippen LogP contribution is 2.37. The minimum Gasteiger partial charge on any atom is -0.336 e. The van der Waals surface area contributed by atoms with Gasteiger partial charge in [0, 0.05) is 18.0 Å². The molecule has 0 aromatic rings. The molecule has 0 aromatic carbocycles. The molecule has 1 atom stereocenters. The van der Waals surface area contributed by atoms with Gasteiger partial charge in [0.2, 0.25) is 5.91 Å². The lowest BCUT2D eigenvalue weighted by Crippen LogP contribution is -2.53. The van der Waals surface area contributed by atoms with Gasteiger partial charge in [-0.1, -0.05) is 20.3 Å². The van der Waals surface area contributed by atoms with Crippen molar-refractivity contribution < 1.29 is 4.79 Å². The molecule has 122 valence electrons. The number of hydrogen-bond donors (Lipinski definition) is 1. The summed E-state index contributed by atoms with van der Waals surface area (Å²) in [6, 6.07) is 1.13. The van der Waals surface area contributed by atoms with Gasteiger partial charge < -0.3 is 10.2 Å². The summed E-state index contributed by atoms with van der Waals surface area (Å²) in [5.74, 6) is 2.17. The summed E-state index contributed by atoms with van der Waals surface area (Å²) in [5.41, 5.74) is 0. The Kier molecular flexibility index (Phi) is 5.96. The lowest BCUT2D eigenvalue weighted by atomic mass is 9.82. The SMILES string of the molecule is CCC1CCC(N(C(=O)C(C)C2CNC2)C2CC2)CC1.Cl. The molecule has 3 rings (SSSR count). The molecular weight excluding hydrogens is 284 g/mol. The van der Waals surface area contributed by atoms with E-state index in [0.717, 1.165) is 19.0 Å². The van der Waals surface area contributed by atoms with Crippen molar-refractivity contribution in [2.45, 2.75) is 70.9 Å². The van der Waals surface area contributed by atoms with Gasteiger partial charge in [0.1, 0.15) is 0 Å². The zero-order chi connectivity index (χ0) is 14.1. The van der Waals surface area contributed by atoms with Crippen molar-refractivity contribution in [3.8, 4) is 0 Å². The smallest absolute Gasteiger partial charge is 0.226 e. The van der Waals surface area contributed by atoms with E-state index in [0.29, 0.717) is 23.9 Å². The second kappa shape index (κ2) is 7.32. The molecule has 1 N–H and O–H groups in total. The predicted octanol–water partition coefficient (Wildman–Crippen LogP) is 3.22. The molecule has 0 spiro atoms. The van der Waals surface area contributed by atoms with Crippen LogP contribution in [0.4, 0.5) is 0 Å². The number of carbonyl (C=O) groups is 1. The highest BCUT2D eigenvalue weighted by molar-refractivity contribution is 5.85. The molecule has 1 heterocycles. The van der Waals surface area contributed by atoms with Gasteiger partial charge in [0.05, 0.1) is 0 Å². The summed E-state index contributed by atoms with van der Waals surface area (Å²) in [6.45, 7) is 6.53. The van der Waals surface area contributed by atoms with Crippen LogP contribution in [0, 0.1) is 17.8 Å². The molecule has 1 saturated heterocycles. The molecule has 3 nitrogen and oxygen atoms in total. The highest BCUT2D eigenvalue weighted by Gasteiger charge is 2.42. The van der Waals surface area contributed by atoms with Crippen molar-refractivity contribution in [3.05, 3.63) is 0 Å². The van der Waals surface area contributed by atoms with Crippen molar-refractivity contribution in [1.29, 1.82) is 0 Å². The van der Waals surface area contributed by atoms with E-state index in [9.17, 15) is 4.79 Å². The summed E-state index contributed by atoms with van der Waals surface area (Å²) >= 11 is 0. The molecule has 1 amide bonds. The molecule has 2 saturated carbocycles. The van der Waals surface area contributed by atoms with E-state index < -0.39 is 0 Å². The van der Waals surface area contributed by atoms with E-state index >= 15 is 0 Å². The standard InChI is InChI=1S/C17H30N2O.ClH/c1-3-13-4-6-15(7-5-13)19(16-8-9-16)17(20)12(2)14-10-18-11-14;/h12-16,18H,3-11H2,1-2H3;1H. The molecule has 3 fully saturated rings. The summed E-state index contributed by atoms with van der Waals surface area (Å²) in [6.07, 6.45) is 8.96. The molecule has 0 aromatic heterocycles. The van der Waals surface area contributed by atoms with Crippen molar-refractivity contribution >= 4 is 18.3 Å². The summed E-state index contributed by atoms with van der Waals surface area (Å²) in [5, 5.41) is 3.30. The maximum Gasteiger partial charge on any atom is 0.226 e. The number of hydrogen-bond acceptors (Lipinski definition) is 2. The number of nitrogens with one attached hydrogen (secondary N) is 1. The molecule has 21 heavy (non-hydrogen) atoms. The van der Waals surface area contributed by atoms with Crippen LogP contribution in [-0.4, -0.2) is 36.0 Å². The minimum absolute atomic E-state index is 0. The number of amides is 1. The van der Waals surface area contributed by atoms with Crippen molar-refractivity contribution in [3.63, 3.8) is 0 Å². The van der Waals surface area contributed by atoms with E-state index in [1.54, 1.807) is 0 Å². The Morgan fingerprint density at radius 2 is 1.62 bits per heavy atom. The second-order valence-electron chi connectivity index (χ2n) is 7.27. The molecule has 1 aliphatic heterocycles. The van der Waals surface area contributed by atoms with Gasteiger partial charge in [-0.2, -0.15) is 0 Å². The Balaban J connectivity index is 0.00000161. The first kappa shape index (κ1) is 17.1. The van der Waals surface area contributed by atoms with E-state index in [1.165, 1.54) is 44.9 Å². The van der Waals surface area contributed by atoms with Crippen molar-refractivity contribution in [2.75, 3.05) is 13.1 Å². The topological polar surface area (TPSA) is 32.3 Å². The fraction of sp³-hybridized carbons (Fsp3) is 0.941. The van der Waals surface area contributed by atoms with Crippen LogP contribution >= 0.6 is 12.4 Å². The fourth-order valence-corrected chi connectivity index (χ4v) is 3.94. The van der Waals surface area contributed by atoms with Gasteiger partial charge in [-0.15, -0.1) is 12.4 Å². The Labute approximate surface area is 135 Å². The number of carbonyl (C=O) groups excluding carboxylic acids is 1. The Morgan fingerprint density at radius 3 is 2.00 bits per heavy atom. The van der Waals surface area contributed by atoms with Crippen LogP contribution in [0.15, 0.2) is 0 Å². The lowest BCUT2D eigenvalue weighted by Gasteiger charge is -2.41. The van der Waals surface area contributed by atoms with Gasteiger partial charge in [0.15, 0.2) is 0 Å². The number of halogens is 1. The third kappa shape index (κ3) is 3.73. The highest BCUT2D eigenvalue weighted by atomic mass is 35.5. The van der Waals surface area contributed by atoms with Crippen molar-refractivity contribution in [1.82, 2.24) is 10.2 Å². The van der Waals surface area contributed by atoms with Crippen LogP contribution in [0.1, 0.15) is 58.8 Å². The average Bonchev–Trinajstić information content (AvgIpc) is 3.22. The summed E-state index contributed by atoms with van der Waals surface area (Å²) < 4.78 is 0. The van der Waals surface area contributed by atoms with Gasteiger partial charge in [-0.25, -0.2) is 0 Å². The zero-order valence-electron chi connectivity index (χ0n) is 13.5. The lowest BCUT2D eigenvalue weighted by molar-refractivity contribution is -0.141. The molecule has 3 aliphatic rings. The van der Waals surface area contributed by atoms with Crippen LogP contribution in [0.25, 0.3) is 0 Å². The maximum atomic E-state index is 12.9. The molecule has 4 heteroatoms. The molecule has 2 aliphatic carbocycles. The molecule has 0 radical (unpaired) electrons. The third-order valence-electron chi connectivity index (χ3n) is 5.89. The van der Waals surface area contributed by atoms with Gasteiger partial charge in [-0.3, -0.25) is 4.79 Å². The summed E-state index contributed by atoms with van der Waals surface area (Å²) in [4.78, 5) is 15.2. The normalized spacial score (nSPS) is 31.0. The first-order chi connectivity index (χ1) is 9.70. The Hall–Kier alpha value is -0.280. The van der Waals surface area contributed by atoms with E-state index in [4.69, 9.17) is 0 Å². The van der Waals surface area contributed by atoms with E-state index in [2.05, 4.69) is 24.1 Å². The first-order valence-electron chi connectivity index (χ1n) is 8.73. The molecular formula is C17H31ClN2O. The number of rotatable bonds is 5. The van der Waals surface area contributed by atoms with Crippen molar-refractivity contribution in [2.24, 2.45) is 17.8 Å².